The molecule has 0 bridgehead atoms. The summed E-state index contributed by atoms with van der Waals surface area (Å²) in [4.78, 5) is 27.5. The van der Waals surface area contributed by atoms with Crippen molar-refractivity contribution in [3.63, 3.8) is 0 Å². The van der Waals surface area contributed by atoms with Gasteiger partial charge >= 0.3 is 5.97 Å². The molecule has 2 aliphatic rings. The third kappa shape index (κ3) is 2.29. The summed E-state index contributed by atoms with van der Waals surface area (Å²) in [6, 6.07) is -0.424. The molecule has 0 radical (unpaired) electrons. The number of hydrogen-bond acceptors (Lipinski definition) is 4. The lowest BCUT2D eigenvalue weighted by Gasteiger charge is -2.43. The molecule has 2 unspecified atom stereocenters. The van der Waals surface area contributed by atoms with Crippen molar-refractivity contribution in [2.75, 3.05) is 26.7 Å². The van der Waals surface area contributed by atoms with Gasteiger partial charge in [0.2, 0.25) is 5.91 Å². The number of carbonyl (C=O) groups is 2. The fourth-order valence-corrected chi connectivity index (χ4v) is 2.60. The molecule has 0 saturated carbocycles. The Morgan fingerprint density at radius 3 is 2.35 bits per heavy atom. The fourth-order valence-electron chi connectivity index (χ4n) is 2.60. The fraction of sp³-hybridized carbons (Fsp3) is 0.833. The van der Waals surface area contributed by atoms with Gasteiger partial charge in [-0.25, -0.2) is 0 Å². The SMILES string of the molecule is COC(=O)C1CCN1C(C)C(=O)N1CCCC1. The van der Waals surface area contributed by atoms with Crippen LogP contribution in [-0.4, -0.2) is 60.5 Å². The summed E-state index contributed by atoms with van der Waals surface area (Å²) in [5, 5.41) is 0. The van der Waals surface area contributed by atoms with Crippen molar-refractivity contribution in [1.29, 1.82) is 0 Å². The predicted molar refractivity (Wildman–Crippen MR) is 62.4 cm³/mol. The van der Waals surface area contributed by atoms with Crippen LogP contribution in [0.15, 0.2) is 0 Å². The van der Waals surface area contributed by atoms with Crippen LogP contribution in [0, 0.1) is 0 Å². The summed E-state index contributed by atoms with van der Waals surface area (Å²) >= 11 is 0. The summed E-state index contributed by atoms with van der Waals surface area (Å²) in [6.45, 7) is 4.41. The maximum atomic E-state index is 12.2. The molecule has 0 aromatic heterocycles. The number of hydrogen-bond donors (Lipinski definition) is 0. The van der Waals surface area contributed by atoms with E-state index < -0.39 is 0 Å². The number of carbonyl (C=O) groups excluding carboxylic acids is 2. The molecule has 0 aliphatic carbocycles. The lowest BCUT2D eigenvalue weighted by molar-refractivity contribution is -0.156. The summed E-state index contributed by atoms with van der Waals surface area (Å²) in [6.07, 6.45) is 2.99. The Morgan fingerprint density at radius 1 is 1.24 bits per heavy atom. The molecule has 2 heterocycles. The average Bonchev–Trinajstić information content (AvgIpc) is 2.79. The van der Waals surface area contributed by atoms with Gasteiger partial charge in [-0.3, -0.25) is 14.5 Å². The second kappa shape index (κ2) is 5.04. The van der Waals surface area contributed by atoms with Gasteiger partial charge in [-0.1, -0.05) is 0 Å². The lowest BCUT2D eigenvalue weighted by Crippen LogP contribution is -2.60. The summed E-state index contributed by atoms with van der Waals surface area (Å²) in [5.41, 5.74) is 0. The molecule has 0 N–H and O–H groups in total. The molecule has 5 nitrogen and oxygen atoms in total. The monoisotopic (exact) mass is 240 g/mol. The van der Waals surface area contributed by atoms with Crippen molar-refractivity contribution < 1.29 is 14.3 Å². The van der Waals surface area contributed by atoms with Crippen LogP contribution in [0.1, 0.15) is 26.2 Å². The second-order valence-corrected chi connectivity index (χ2v) is 4.77. The standard InChI is InChI=1S/C12H20N2O3/c1-9(11(15)13-6-3-4-7-13)14-8-5-10(14)12(16)17-2/h9-10H,3-8H2,1-2H3. The zero-order chi connectivity index (χ0) is 12.4. The Hall–Kier alpha value is -1.10. The van der Waals surface area contributed by atoms with E-state index in [2.05, 4.69) is 0 Å². The van der Waals surface area contributed by atoms with Gasteiger partial charge in [-0.05, 0) is 26.2 Å². The lowest BCUT2D eigenvalue weighted by atomic mass is 10.00. The summed E-state index contributed by atoms with van der Waals surface area (Å²) < 4.78 is 4.73. The Balaban J connectivity index is 1.93. The number of likely N-dealkylation sites (tertiary alicyclic amines) is 2. The van der Waals surface area contributed by atoms with E-state index in [9.17, 15) is 9.59 Å². The number of methoxy groups -OCH3 is 1. The first-order chi connectivity index (χ1) is 8.15. The topological polar surface area (TPSA) is 49.9 Å². The van der Waals surface area contributed by atoms with Crippen molar-refractivity contribution in [2.45, 2.75) is 38.3 Å². The van der Waals surface area contributed by atoms with Gasteiger partial charge in [0.15, 0.2) is 0 Å². The molecule has 0 aromatic rings. The maximum absolute atomic E-state index is 12.2. The number of ether oxygens (including phenoxy) is 1. The minimum absolute atomic E-state index is 0.149. The van der Waals surface area contributed by atoms with E-state index in [0.717, 1.165) is 38.9 Å². The van der Waals surface area contributed by atoms with Gasteiger partial charge in [0.25, 0.3) is 0 Å². The van der Waals surface area contributed by atoms with Gasteiger partial charge in [-0.2, -0.15) is 0 Å². The van der Waals surface area contributed by atoms with Crippen LogP contribution < -0.4 is 0 Å². The molecule has 2 rings (SSSR count). The minimum atomic E-state index is -0.225. The van der Waals surface area contributed by atoms with E-state index in [1.54, 1.807) is 0 Å². The first kappa shape index (κ1) is 12.4. The van der Waals surface area contributed by atoms with E-state index in [1.165, 1.54) is 7.11 Å². The van der Waals surface area contributed by atoms with Gasteiger partial charge in [0, 0.05) is 19.6 Å². The van der Waals surface area contributed by atoms with E-state index in [4.69, 9.17) is 4.74 Å². The van der Waals surface area contributed by atoms with Crippen LogP contribution in [-0.2, 0) is 14.3 Å². The summed E-state index contributed by atoms with van der Waals surface area (Å²) in [7, 11) is 1.39. The van der Waals surface area contributed by atoms with Gasteiger partial charge in [0.1, 0.15) is 6.04 Å². The Bertz CT molecular complexity index is 313. The van der Waals surface area contributed by atoms with E-state index in [0.29, 0.717) is 0 Å². The molecule has 5 heteroatoms. The molecule has 2 atom stereocenters. The zero-order valence-electron chi connectivity index (χ0n) is 10.5. The van der Waals surface area contributed by atoms with Crippen molar-refractivity contribution in [3.05, 3.63) is 0 Å². The van der Waals surface area contributed by atoms with Crippen LogP contribution in [0.3, 0.4) is 0 Å². The van der Waals surface area contributed by atoms with Crippen LogP contribution in [0.4, 0.5) is 0 Å². The van der Waals surface area contributed by atoms with Crippen LogP contribution in [0.5, 0.6) is 0 Å². The highest BCUT2D eigenvalue weighted by Crippen LogP contribution is 2.23. The zero-order valence-corrected chi connectivity index (χ0v) is 10.5. The predicted octanol–water partition coefficient (Wildman–Crippen LogP) is 0.245. The van der Waals surface area contributed by atoms with Crippen LogP contribution in [0.25, 0.3) is 0 Å². The van der Waals surface area contributed by atoms with Crippen molar-refractivity contribution in [3.8, 4) is 0 Å². The third-order valence-electron chi connectivity index (χ3n) is 3.81. The molecule has 2 fully saturated rings. The van der Waals surface area contributed by atoms with E-state index in [-0.39, 0.29) is 24.0 Å². The van der Waals surface area contributed by atoms with E-state index >= 15 is 0 Å². The summed E-state index contributed by atoms with van der Waals surface area (Å²) in [5.74, 6) is -0.0755. The quantitative estimate of drug-likeness (QED) is 0.663. The largest absolute Gasteiger partial charge is 0.468 e. The molecule has 96 valence electrons. The third-order valence-corrected chi connectivity index (χ3v) is 3.81. The number of amides is 1. The second-order valence-electron chi connectivity index (χ2n) is 4.77. The maximum Gasteiger partial charge on any atom is 0.323 e. The van der Waals surface area contributed by atoms with Crippen LogP contribution >= 0.6 is 0 Å². The average molecular weight is 240 g/mol. The molecular formula is C12H20N2O3. The normalized spacial score (nSPS) is 26.5. The smallest absolute Gasteiger partial charge is 0.323 e. The minimum Gasteiger partial charge on any atom is -0.468 e. The van der Waals surface area contributed by atoms with Crippen molar-refractivity contribution in [2.24, 2.45) is 0 Å². The Morgan fingerprint density at radius 2 is 1.88 bits per heavy atom. The number of nitrogens with zero attached hydrogens (tertiary/aromatic N) is 2. The molecule has 17 heavy (non-hydrogen) atoms. The Kier molecular flexibility index (Phi) is 3.66. The van der Waals surface area contributed by atoms with Crippen LogP contribution in [0.2, 0.25) is 0 Å². The number of rotatable bonds is 3. The highest BCUT2D eigenvalue weighted by molar-refractivity contribution is 5.84. The first-order valence-electron chi connectivity index (χ1n) is 6.27. The van der Waals surface area contributed by atoms with Gasteiger partial charge < -0.3 is 9.64 Å². The van der Waals surface area contributed by atoms with Gasteiger partial charge in [0.05, 0.1) is 13.2 Å². The van der Waals surface area contributed by atoms with Gasteiger partial charge in [-0.15, -0.1) is 0 Å². The molecule has 2 aliphatic heterocycles. The molecule has 0 aromatic carbocycles. The molecule has 2 saturated heterocycles. The van der Waals surface area contributed by atoms with Crippen molar-refractivity contribution >= 4 is 11.9 Å². The molecule has 0 spiro atoms. The highest BCUT2D eigenvalue weighted by atomic mass is 16.5. The Labute approximate surface area is 102 Å². The number of esters is 1. The highest BCUT2D eigenvalue weighted by Gasteiger charge is 2.41. The van der Waals surface area contributed by atoms with Crippen molar-refractivity contribution in [1.82, 2.24) is 9.80 Å². The molecular weight excluding hydrogens is 220 g/mol. The van der Waals surface area contributed by atoms with E-state index in [1.807, 2.05) is 16.7 Å². The first-order valence-corrected chi connectivity index (χ1v) is 6.27. The molecule has 1 amide bonds.